The molecule has 12 heavy (non-hydrogen) atoms. The van der Waals surface area contributed by atoms with Gasteiger partial charge in [0.25, 0.3) is 0 Å². The predicted octanol–water partition coefficient (Wildman–Crippen LogP) is 0.611. The molecular weight excluding hydrogens is 152 g/mol. The molecule has 0 heterocycles. The Kier molecular flexibility index (Phi) is 3.48. The minimum Gasteiger partial charge on any atom is -0.255 e. The highest BCUT2D eigenvalue weighted by Gasteiger charge is 2.30. The van der Waals surface area contributed by atoms with E-state index in [9.17, 15) is 4.79 Å². The van der Waals surface area contributed by atoms with Crippen LogP contribution in [0, 0.1) is 5.92 Å². The molecule has 0 aliphatic heterocycles. The average molecular weight is 168 g/mol. The minimum absolute atomic E-state index is 0.461. The number of nitrogens with zero attached hydrogens (tertiary/aromatic N) is 1. The Labute approximate surface area is 73.4 Å². The topological polar surface area (TPSA) is 32.3 Å². The monoisotopic (exact) mass is 168 g/mol. The van der Waals surface area contributed by atoms with Gasteiger partial charge in [0, 0.05) is 31.1 Å². The third-order valence-corrected chi connectivity index (χ3v) is 2.25. The van der Waals surface area contributed by atoms with Crippen molar-refractivity contribution in [3.8, 4) is 0 Å². The van der Waals surface area contributed by atoms with Crippen LogP contribution in [0.25, 0.3) is 0 Å². The highest BCUT2D eigenvalue weighted by Crippen LogP contribution is 2.33. The first-order chi connectivity index (χ1) is 5.81. The molecule has 1 rings (SSSR count). The van der Waals surface area contributed by atoms with Gasteiger partial charge in [-0.1, -0.05) is 13.8 Å². The van der Waals surface area contributed by atoms with Crippen molar-refractivity contribution in [1.82, 2.24) is 10.4 Å². The fraction of sp³-hybridized carbons (Fsp3) is 0.778. The van der Waals surface area contributed by atoms with Crippen molar-refractivity contribution in [3.63, 3.8) is 0 Å². The summed E-state index contributed by atoms with van der Waals surface area (Å²) < 4.78 is 0. The Hall–Kier alpha value is -0.630. The molecule has 0 saturated heterocycles. The van der Waals surface area contributed by atoms with Gasteiger partial charge in [0.1, 0.15) is 5.94 Å². The molecule has 68 valence electrons. The molecule has 3 heteroatoms. The van der Waals surface area contributed by atoms with E-state index < -0.39 is 0 Å². The number of hydrogen-bond donors (Lipinski definition) is 1. The van der Waals surface area contributed by atoms with Crippen LogP contribution in [0.15, 0.2) is 5.57 Å². The van der Waals surface area contributed by atoms with Crippen LogP contribution in [-0.4, -0.2) is 30.6 Å². The molecule has 1 N–H and O–H groups in total. The van der Waals surface area contributed by atoms with E-state index >= 15 is 0 Å². The Morgan fingerprint density at radius 3 is 2.67 bits per heavy atom. The molecule has 1 aliphatic rings. The van der Waals surface area contributed by atoms with Crippen molar-refractivity contribution in [2.75, 3.05) is 19.6 Å². The normalized spacial score (nSPS) is 21.2. The molecule has 0 spiro atoms. The van der Waals surface area contributed by atoms with E-state index in [1.807, 2.05) is 5.94 Å². The Morgan fingerprint density at radius 1 is 1.58 bits per heavy atom. The Morgan fingerprint density at radius 2 is 2.25 bits per heavy atom. The first kappa shape index (κ1) is 9.46. The maximum Gasteiger partial charge on any atom is 0.123 e. The second kappa shape index (κ2) is 4.41. The molecule has 1 unspecified atom stereocenters. The number of carbonyl (C=O) groups excluding carboxylic acids is 1. The van der Waals surface area contributed by atoms with E-state index in [2.05, 4.69) is 24.3 Å². The number of nitrogens with one attached hydrogen (secondary N) is 1. The van der Waals surface area contributed by atoms with Crippen LogP contribution in [-0.2, 0) is 4.79 Å². The van der Waals surface area contributed by atoms with E-state index in [1.54, 1.807) is 0 Å². The summed E-state index contributed by atoms with van der Waals surface area (Å²) in [5.74, 6) is 2.42. The van der Waals surface area contributed by atoms with Crippen molar-refractivity contribution >= 4 is 5.94 Å². The number of hydrogen-bond acceptors (Lipinski definition) is 3. The van der Waals surface area contributed by atoms with Crippen LogP contribution < -0.4 is 5.43 Å². The van der Waals surface area contributed by atoms with Gasteiger partial charge < -0.3 is 0 Å². The van der Waals surface area contributed by atoms with Crippen LogP contribution in [0.5, 0.6) is 0 Å². The summed E-state index contributed by atoms with van der Waals surface area (Å²) in [6.45, 7) is 7.12. The SMILES string of the molecule is CCN(CC)NCC1CC1=C=O. The first-order valence-corrected chi connectivity index (χ1v) is 4.54. The Balaban J connectivity index is 2.14. The van der Waals surface area contributed by atoms with Gasteiger partial charge in [-0.15, -0.1) is 0 Å². The van der Waals surface area contributed by atoms with Gasteiger partial charge in [-0.05, 0) is 6.42 Å². The van der Waals surface area contributed by atoms with Gasteiger partial charge in [-0.2, -0.15) is 0 Å². The maximum absolute atomic E-state index is 10.2. The summed E-state index contributed by atoms with van der Waals surface area (Å²) in [6.07, 6.45) is 0.942. The molecule has 0 radical (unpaired) electrons. The van der Waals surface area contributed by atoms with E-state index in [0.29, 0.717) is 5.92 Å². The van der Waals surface area contributed by atoms with Crippen LogP contribution in [0.2, 0.25) is 0 Å². The zero-order valence-electron chi connectivity index (χ0n) is 7.76. The zero-order chi connectivity index (χ0) is 8.97. The second-order valence-electron chi connectivity index (χ2n) is 3.06. The van der Waals surface area contributed by atoms with Crippen molar-refractivity contribution in [3.05, 3.63) is 5.57 Å². The summed E-state index contributed by atoms with van der Waals surface area (Å²) in [4.78, 5) is 10.2. The van der Waals surface area contributed by atoms with Gasteiger partial charge in [0.05, 0.1) is 0 Å². The summed E-state index contributed by atoms with van der Waals surface area (Å²) in [7, 11) is 0. The molecule has 0 bridgehead atoms. The molecule has 1 fully saturated rings. The molecule has 3 nitrogen and oxygen atoms in total. The molecule has 0 aromatic rings. The van der Waals surface area contributed by atoms with Gasteiger partial charge >= 0.3 is 0 Å². The Bertz CT molecular complexity index is 193. The summed E-state index contributed by atoms with van der Waals surface area (Å²) in [6, 6.07) is 0. The van der Waals surface area contributed by atoms with E-state index in [1.165, 1.54) is 0 Å². The van der Waals surface area contributed by atoms with Crippen molar-refractivity contribution in [2.45, 2.75) is 20.3 Å². The largest absolute Gasteiger partial charge is 0.255 e. The molecule has 1 saturated carbocycles. The van der Waals surface area contributed by atoms with E-state index in [0.717, 1.165) is 31.6 Å². The molecule has 0 aromatic heterocycles. The van der Waals surface area contributed by atoms with Crippen molar-refractivity contribution in [1.29, 1.82) is 0 Å². The predicted molar refractivity (Wildman–Crippen MR) is 48.2 cm³/mol. The molecular formula is C9H16N2O. The van der Waals surface area contributed by atoms with Gasteiger partial charge in [-0.3, -0.25) is 5.43 Å². The van der Waals surface area contributed by atoms with E-state index in [4.69, 9.17) is 0 Å². The average Bonchev–Trinajstić information content (AvgIpc) is 2.85. The molecule has 1 aliphatic carbocycles. The third kappa shape index (κ3) is 2.45. The second-order valence-corrected chi connectivity index (χ2v) is 3.06. The number of rotatable bonds is 5. The van der Waals surface area contributed by atoms with Crippen molar-refractivity contribution in [2.24, 2.45) is 5.92 Å². The minimum atomic E-state index is 0.461. The maximum atomic E-state index is 10.2. The molecule has 1 atom stereocenters. The number of hydrazine groups is 1. The van der Waals surface area contributed by atoms with Crippen molar-refractivity contribution < 1.29 is 4.79 Å². The summed E-state index contributed by atoms with van der Waals surface area (Å²) >= 11 is 0. The fourth-order valence-corrected chi connectivity index (χ4v) is 1.21. The standard InChI is InChI=1S/C9H16N2O/c1-3-11(4-2)10-6-8-5-9(8)7-12/h8,10H,3-6H2,1-2H3. The van der Waals surface area contributed by atoms with Crippen LogP contribution >= 0.6 is 0 Å². The summed E-state index contributed by atoms with van der Waals surface area (Å²) in [5, 5.41) is 2.14. The molecule has 0 aromatic carbocycles. The quantitative estimate of drug-likeness (QED) is 0.482. The zero-order valence-corrected chi connectivity index (χ0v) is 7.76. The first-order valence-electron chi connectivity index (χ1n) is 4.54. The highest BCUT2D eigenvalue weighted by molar-refractivity contribution is 5.59. The lowest BCUT2D eigenvalue weighted by Crippen LogP contribution is -2.38. The third-order valence-electron chi connectivity index (χ3n) is 2.25. The fourth-order valence-electron chi connectivity index (χ4n) is 1.21. The lowest BCUT2D eigenvalue weighted by atomic mass is 10.4. The van der Waals surface area contributed by atoms with Crippen LogP contribution in [0.1, 0.15) is 20.3 Å². The lowest BCUT2D eigenvalue weighted by Gasteiger charge is -2.18. The van der Waals surface area contributed by atoms with E-state index in [-0.39, 0.29) is 0 Å². The van der Waals surface area contributed by atoms with Gasteiger partial charge in [0.2, 0.25) is 0 Å². The van der Waals surface area contributed by atoms with Crippen LogP contribution in [0.3, 0.4) is 0 Å². The highest BCUT2D eigenvalue weighted by atomic mass is 16.1. The van der Waals surface area contributed by atoms with Gasteiger partial charge in [-0.25, -0.2) is 9.80 Å². The molecule has 0 amide bonds. The van der Waals surface area contributed by atoms with Gasteiger partial charge in [0.15, 0.2) is 0 Å². The van der Waals surface area contributed by atoms with Crippen LogP contribution in [0.4, 0.5) is 0 Å². The summed E-state index contributed by atoms with van der Waals surface area (Å²) in [5.41, 5.74) is 4.22. The smallest absolute Gasteiger partial charge is 0.123 e. The lowest BCUT2D eigenvalue weighted by molar-refractivity contribution is 0.206.